The molecule has 0 aliphatic carbocycles. The Balaban J connectivity index is 2.55. The van der Waals surface area contributed by atoms with Crippen molar-refractivity contribution < 1.29 is 14.3 Å². The lowest BCUT2D eigenvalue weighted by Gasteiger charge is -2.03. The molecule has 0 amide bonds. The Hall–Kier alpha value is -1.22. The third-order valence-corrected chi connectivity index (χ3v) is 1.78. The summed E-state index contributed by atoms with van der Waals surface area (Å²) in [6, 6.07) is 6.79. The monoisotopic (exact) mass is 214 g/mol. The average Bonchev–Trinajstić information content (AvgIpc) is 2.19. The highest BCUT2D eigenvalue weighted by molar-refractivity contribution is 6.18. The number of ether oxygens (including phenoxy) is 2. The fraction of sp³-hybridized carbons (Fsp3) is 0.300. The van der Waals surface area contributed by atoms with Crippen LogP contribution in [-0.4, -0.2) is 19.0 Å². The predicted molar refractivity (Wildman–Crippen MR) is 54.0 cm³/mol. The van der Waals surface area contributed by atoms with Crippen LogP contribution >= 0.6 is 11.6 Å². The van der Waals surface area contributed by atoms with Gasteiger partial charge in [0, 0.05) is 5.88 Å². The lowest BCUT2D eigenvalue weighted by molar-refractivity contribution is -0.133. The zero-order chi connectivity index (χ0) is 10.4. The topological polar surface area (TPSA) is 35.5 Å². The summed E-state index contributed by atoms with van der Waals surface area (Å²) in [6.45, 7) is 0. The number of alkyl halides is 1. The van der Waals surface area contributed by atoms with Crippen LogP contribution in [0.2, 0.25) is 0 Å². The van der Waals surface area contributed by atoms with Crippen LogP contribution in [0.5, 0.6) is 11.5 Å². The smallest absolute Gasteiger partial charge is 0.312 e. The maximum atomic E-state index is 11.0. The van der Waals surface area contributed by atoms with E-state index in [0.29, 0.717) is 5.75 Å². The fourth-order valence-corrected chi connectivity index (χ4v) is 1.06. The fourth-order valence-electron chi connectivity index (χ4n) is 0.903. The summed E-state index contributed by atoms with van der Waals surface area (Å²) in [5.74, 6) is 1.17. The molecule has 4 heteroatoms. The zero-order valence-electron chi connectivity index (χ0n) is 7.83. The summed E-state index contributed by atoms with van der Waals surface area (Å²) in [5.41, 5.74) is 0. The first-order chi connectivity index (χ1) is 6.76. The molecule has 0 N–H and O–H groups in total. The second-order valence-electron chi connectivity index (χ2n) is 2.59. The molecule has 1 aromatic rings. The lowest BCUT2D eigenvalue weighted by atomic mass is 10.3. The zero-order valence-corrected chi connectivity index (χ0v) is 8.58. The standard InChI is InChI=1S/C10H11ClO3/c1-13-8-2-4-9(5-3-8)14-10(12)6-7-11/h2-5H,6-7H2,1H3. The van der Waals surface area contributed by atoms with Crippen molar-refractivity contribution in [2.75, 3.05) is 13.0 Å². The molecule has 1 aromatic carbocycles. The minimum Gasteiger partial charge on any atom is -0.497 e. The maximum absolute atomic E-state index is 11.0. The molecular weight excluding hydrogens is 204 g/mol. The molecule has 0 saturated heterocycles. The van der Waals surface area contributed by atoms with E-state index in [1.165, 1.54) is 0 Å². The Labute approximate surface area is 87.6 Å². The first-order valence-electron chi connectivity index (χ1n) is 4.17. The van der Waals surface area contributed by atoms with E-state index >= 15 is 0 Å². The summed E-state index contributed by atoms with van der Waals surface area (Å²) >= 11 is 5.39. The highest BCUT2D eigenvalue weighted by Gasteiger charge is 2.03. The normalized spacial score (nSPS) is 9.57. The van der Waals surface area contributed by atoms with Crippen LogP contribution in [0, 0.1) is 0 Å². The van der Waals surface area contributed by atoms with Gasteiger partial charge in [-0.25, -0.2) is 0 Å². The first kappa shape index (κ1) is 10.9. The summed E-state index contributed by atoms with van der Waals surface area (Å²) in [4.78, 5) is 11.0. The van der Waals surface area contributed by atoms with E-state index in [1.807, 2.05) is 0 Å². The molecule has 0 radical (unpaired) electrons. The number of benzene rings is 1. The van der Waals surface area contributed by atoms with E-state index in [1.54, 1.807) is 31.4 Å². The van der Waals surface area contributed by atoms with Gasteiger partial charge in [-0.3, -0.25) is 4.79 Å². The molecule has 0 fully saturated rings. The predicted octanol–water partition coefficient (Wildman–Crippen LogP) is 2.23. The number of rotatable bonds is 4. The number of methoxy groups -OCH3 is 1. The molecular formula is C10H11ClO3. The van der Waals surface area contributed by atoms with Crippen LogP contribution in [-0.2, 0) is 4.79 Å². The highest BCUT2D eigenvalue weighted by atomic mass is 35.5. The van der Waals surface area contributed by atoms with Gasteiger partial charge in [0.2, 0.25) is 0 Å². The Morgan fingerprint density at radius 3 is 2.36 bits per heavy atom. The van der Waals surface area contributed by atoms with E-state index in [-0.39, 0.29) is 18.3 Å². The molecule has 0 atom stereocenters. The van der Waals surface area contributed by atoms with Crippen LogP contribution in [0.1, 0.15) is 6.42 Å². The summed E-state index contributed by atoms with van der Waals surface area (Å²) in [7, 11) is 1.58. The molecule has 0 aromatic heterocycles. The van der Waals surface area contributed by atoms with Crippen LogP contribution in [0.4, 0.5) is 0 Å². The van der Waals surface area contributed by atoms with Crippen molar-refractivity contribution in [3.63, 3.8) is 0 Å². The quantitative estimate of drug-likeness (QED) is 0.438. The molecule has 0 saturated carbocycles. The van der Waals surface area contributed by atoms with Crippen molar-refractivity contribution in [1.82, 2.24) is 0 Å². The van der Waals surface area contributed by atoms with Crippen molar-refractivity contribution >= 4 is 17.6 Å². The van der Waals surface area contributed by atoms with Crippen molar-refractivity contribution in [2.24, 2.45) is 0 Å². The first-order valence-corrected chi connectivity index (χ1v) is 4.70. The van der Waals surface area contributed by atoms with Gasteiger partial charge >= 0.3 is 5.97 Å². The number of hydrogen-bond donors (Lipinski definition) is 0. The van der Waals surface area contributed by atoms with Gasteiger partial charge in [-0.15, -0.1) is 11.6 Å². The van der Waals surface area contributed by atoms with Gasteiger partial charge < -0.3 is 9.47 Å². The van der Waals surface area contributed by atoms with E-state index in [0.717, 1.165) is 5.75 Å². The maximum Gasteiger partial charge on any atom is 0.312 e. The van der Waals surface area contributed by atoms with E-state index in [2.05, 4.69) is 0 Å². The number of carbonyl (C=O) groups is 1. The number of halogens is 1. The second kappa shape index (κ2) is 5.50. The molecule has 14 heavy (non-hydrogen) atoms. The molecule has 0 aliphatic heterocycles. The van der Waals surface area contributed by atoms with E-state index in [9.17, 15) is 4.79 Å². The van der Waals surface area contributed by atoms with Crippen LogP contribution < -0.4 is 9.47 Å². The largest absolute Gasteiger partial charge is 0.497 e. The Morgan fingerprint density at radius 1 is 1.29 bits per heavy atom. The minimum absolute atomic E-state index is 0.216. The van der Waals surface area contributed by atoms with Crippen molar-refractivity contribution in [3.05, 3.63) is 24.3 Å². The molecule has 1 rings (SSSR count). The minimum atomic E-state index is -0.329. The third-order valence-electron chi connectivity index (χ3n) is 1.59. The number of hydrogen-bond acceptors (Lipinski definition) is 3. The van der Waals surface area contributed by atoms with E-state index < -0.39 is 0 Å². The molecule has 0 aliphatic rings. The SMILES string of the molecule is COc1ccc(OC(=O)CCCl)cc1. The summed E-state index contributed by atoms with van der Waals surface area (Å²) < 4.78 is 9.94. The average molecular weight is 215 g/mol. The van der Waals surface area contributed by atoms with Gasteiger partial charge in [0.1, 0.15) is 11.5 Å². The van der Waals surface area contributed by atoms with Gasteiger partial charge in [0.05, 0.1) is 13.5 Å². The van der Waals surface area contributed by atoms with Gasteiger partial charge in [-0.2, -0.15) is 0 Å². The Morgan fingerprint density at radius 2 is 1.86 bits per heavy atom. The number of esters is 1. The van der Waals surface area contributed by atoms with Crippen molar-refractivity contribution in [3.8, 4) is 11.5 Å². The van der Waals surface area contributed by atoms with Crippen LogP contribution in [0.25, 0.3) is 0 Å². The van der Waals surface area contributed by atoms with Crippen LogP contribution in [0.15, 0.2) is 24.3 Å². The number of carbonyl (C=O) groups excluding carboxylic acids is 1. The third kappa shape index (κ3) is 3.26. The molecule has 0 bridgehead atoms. The van der Waals surface area contributed by atoms with Crippen LogP contribution in [0.3, 0.4) is 0 Å². The van der Waals surface area contributed by atoms with Crippen molar-refractivity contribution in [1.29, 1.82) is 0 Å². The van der Waals surface area contributed by atoms with Gasteiger partial charge in [-0.05, 0) is 24.3 Å². The molecule has 0 heterocycles. The molecule has 0 spiro atoms. The summed E-state index contributed by atoms with van der Waals surface area (Å²) in [6.07, 6.45) is 0.216. The Kier molecular flexibility index (Phi) is 4.26. The summed E-state index contributed by atoms with van der Waals surface area (Å²) in [5, 5.41) is 0. The molecule has 76 valence electrons. The highest BCUT2D eigenvalue weighted by Crippen LogP contribution is 2.17. The van der Waals surface area contributed by atoms with Gasteiger partial charge in [0.15, 0.2) is 0 Å². The van der Waals surface area contributed by atoms with Gasteiger partial charge in [-0.1, -0.05) is 0 Å². The molecule has 3 nitrogen and oxygen atoms in total. The lowest BCUT2D eigenvalue weighted by Crippen LogP contribution is -2.07. The Bertz CT molecular complexity index is 295. The van der Waals surface area contributed by atoms with Crippen molar-refractivity contribution in [2.45, 2.75) is 6.42 Å². The van der Waals surface area contributed by atoms with Gasteiger partial charge in [0.25, 0.3) is 0 Å². The molecule has 0 unspecified atom stereocenters. The second-order valence-corrected chi connectivity index (χ2v) is 2.97. The van der Waals surface area contributed by atoms with E-state index in [4.69, 9.17) is 21.1 Å².